The van der Waals surface area contributed by atoms with Crippen molar-refractivity contribution in [2.24, 2.45) is 0 Å². The van der Waals surface area contributed by atoms with Crippen LogP contribution < -0.4 is 0 Å². The van der Waals surface area contributed by atoms with Gasteiger partial charge in [0.2, 0.25) is 0 Å². The minimum absolute atomic E-state index is 0.194. The lowest BCUT2D eigenvalue weighted by atomic mass is 10.2. The standard InChI is InChI=1S/C6H8OS/c1-5-6(7)3-2-4-8-5/h2,4-5H,3H2,1H3. The number of Topliss-reactive ketones (excluding diaryl/α,β-unsaturated/α-hetero) is 1. The third kappa shape index (κ3) is 1.13. The highest BCUT2D eigenvalue weighted by atomic mass is 32.2. The molecule has 0 spiro atoms. The fourth-order valence-electron chi connectivity index (χ4n) is 0.580. The van der Waals surface area contributed by atoms with Crippen molar-refractivity contribution in [3.63, 3.8) is 0 Å². The lowest BCUT2D eigenvalue weighted by Gasteiger charge is -2.08. The zero-order valence-electron chi connectivity index (χ0n) is 4.76. The minimum Gasteiger partial charge on any atom is -0.298 e. The van der Waals surface area contributed by atoms with Crippen molar-refractivity contribution in [3.05, 3.63) is 11.5 Å². The van der Waals surface area contributed by atoms with E-state index >= 15 is 0 Å². The molecule has 0 saturated carbocycles. The Labute approximate surface area is 53.2 Å². The molecule has 1 heterocycles. The van der Waals surface area contributed by atoms with E-state index in [9.17, 15) is 4.79 Å². The Balaban J connectivity index is 2.57. The molecule has 2 heteroatoms. The van der Waals surface area contributed by atoms with Gasteiger partial charge in [0, 0.05) is 6.42 Å². The normalized spacial score (nSPS) is 28.6. The van der Waals surface area contributed by atoms with E-state index in [-0.39, 0.29) is 5.25 Å². The molecule has 0 fully saturated rings. The van der Waals surface area contributed by atoms with Gasteiger partial charge in [-0.15, -0.1) is 11.8 Å². The van der Waals surface area contributed by atoms with E-state index in [0.29, 0.717) is 12.2 Å². The van der Waals surface area contributed by atoms with E-state index in [1.165, 1.54) is 0 Å². The summed E-state index contributed by atoms with van der Waals surface area (Å²) in [7, 11) is 0. The Morgan fingerprint density at radius 2 is 2.62 bits per heavy atom. The summed E-state index contributed by atoms with van der Waals surface area (Å²) in [5.41, 5.74) is 0. The molecule has 1 aliphatic rings. The van der Waals surface area contributed by atoms with E-state index in [0.717, 1.165) is 0 Å². The zero-order chi connectivity index (χ0) is 5.98. The topological polar surface area (TPSA) is 17.1 Å². The van der Waals surface area contributed by atoms with E-state index in [1.807, 2.05) is 18.4 Å². The molecule has 0 amide bonds. The maximum Gasteiger partial charge on any atom is 0.149 e. The molecule has 0 aliphatic carbocycles. The van der Waals surface area contributed by atoms with Gasteiger partial charge >= 0.3 is 0 Å². The Hall–Kier alpha value is -0.240. The Bertz CT molecular complexity index is 128. The highest BCUT2D eigenvalue weighted by molar-refractivity contribution is 8.03. The predicted molar refractivity (Wildman–Crippen MR) is 35.8 cm³/mol. The fourth-order valence-corrected chi connectivity index (χ4v) is 1.27. The number of hydrogen-bond donors (Lipinski definition) is 0. The van der Waals surface area contributed by atoms with Crippen LogP contribution in [0.25, 0.3) is 0 Å². The lowest BCUT2D eigenvalue weighted by Crippen LogP contribution is -2.13. The van der Waals surface area contributed by atoms with Crippen LogP contribution >= 0.6 is 11.8 Å². The van der Waals surface area contributed by atoms with E-state index in [1.54, 1.807) is 11.8 Å². The van der Waals surface area contributed by atoms with Crippen LogP contribution in [0.4, 0.5) is 0 Å². The first-order chi connectivity index (χ1) is 3.80. The second kappa shape index (κ2) is 2.35. The highest BCUT2D eigenvalue weighted by Crippen LogP contribution is 2.19. The van der Waals surface area contributed by atoms with Gasteiger partial charge in [-0.2, -0.15) is 0 Å². The molecular formula is C6H8OS. The summed E-state index contributed by atoms with van der Waals surface area (Å²) in [6, 6.07) is 0. The first-order valence-corrected chi connectivity index (χ1v) is 3.58. The first-order valence-electron chi connectivity index (χ1n) is 2.64. The summed E-state index contributed by atoms with van der Waals surface area (Å²) in [5, 5.41) is 2.19. The van der Waals surface area contributed by atoms with Crippen LogP contribution in [0.2, 0.25) is 0 Å². The summed E-state index contributed by atoms with van der Waals surface area (Å²) in [5.74, 6) is 0.345. The maximum absolute atomic E-state index is 10.7. The van der Waals surface area contributed by atoms with Crippen molar-refractivity contribution >= 4 is 17.5 Å². The number of hydrogen-bond acceptors (Lipinski definition) is 2. The Morgan fingerprint density at radius 1 is 1.88 bits per heavy atom. The largest absolute Gasteiger partial charge is 0.298 e. The first kappa shape index (κ1) is 5.89. The van der Waals surface area contributed by atoms with E-state index in [4.69, 9.17) is 0 Å². The van der Waals surface area contributed by atoms with Crippen molar-refractivity contribution in [2.45, 2.75) is 18.6 Å². The quantitative estimate of drug-likeness (QED) is 0.493. The Kier molecular flexibility index (Phi) is 1.73. The molecule has 0 N–H and O–H groups in total. The molecule has 1 nitrogen and oxygen atoms in total. The van der Waals surface area contributed by atoms with Crippen LogP contribution in [-0.2, 0) is 4.79 Å². The van der Waals surface area contributed by atoms with Crippen molar-refractivity contribution in [2.75, 3.05) is 0 Å². The van der Waals surface area contributed by atoms with Crippen LogP contribution in [0.3, 0.4) is 0 Å². The van der Waals surface area contributed by atoms with Gasteiger partial charge in [0.1, 0.15) is 5.78 Å². The van der Waals surface area contributed by atoms with Gasteiger partial charge in [0.15, 0.2) is 0 Å². The van der Waals surface area contributed by atoms with Crippen LogP contribution in [0.1, 0.15) is 13.3 Å². The molecule has 1 atom stereocenters. The summed E-state index contributed by atoms with van der Waals surface area (Å²) in [4.78, 5) is 10.7. The maximum atomic E-state index is 10.7. The third-order valence-corrected chi connectivity index (χ3v) is 2.17. The van der Waals surface area contributed by atoms with Crippen LogP contribution in [0.5, 0.6) is 0 Å². The predicted octanol–water partition coefficient (Wildman–Crippen LogP) is 1.59. The molecular weight excluding hydrogens is 120 g/mol. The average Bonchev–Trinajstić information content (AvgIpc) is 1.77. The van der Waals surface area contributed by atoms with Gasteiger partial charge in [-0.25, -0.2) is 0 Å². The van der Waals surface area contributed by atoms with Crippen LogP contribution in [-0.4, -0.2) is 11.0 Å². The number of allylic oxidation sites excluding steroid dienone is 1. The molecule has 1 rings (SSSR count). The zero-order valence-corrected chi connectivity index (χ0v) is 5.57. The number of thioether (sulfide) groups is 1. The van der Waals surface area contributed by atoms with Gasteiger partial charge in [-0.3, -0.25) is 4.79 Å². The molecule has 0 saturated heterocycles. The van der Waals surface area contributed by atoms with Gasteiger partial charge in [-0.05, 0) is 12.3 Å². The van der Waals surface area contributed by atoms with Crippen molar-refractivity contribution in [1.29, 1.82) is 0 Å². The second-order valence-corrected chi connectivity index (χ2v) is 3.07. The van der Waals surface area contributed by atoms with E-state index in [2.05, 4.69) is 0 Å². The fraction of sp³-hybridized carbons (Fsp3) is 0.500. The van der Waals surface area contributed by atoms with Crippen molar-refractivity contribution < 1.29 is 4.79 Å². The summed E-state index contributed by atoms with van der Waals surface area (Å²) in [6.07, 6.45) is 2.54. The monoisotopic (exact) mass is 128 g/mol. The van der Waals surface area contributed by atoms with Gasteiger partial charge < -0.3 is 0 Å². The van der Waals surface area contributed by atoms with Crippen molar-refractivity contribution in [1.82, 2.24) is 0 Å². The SMILES string of the molecule is CC1SC=CCC1=O. The Morgan fingerprint density at radius 3 is 3.00 bits per heavy atom. The van der Waals surface area contributed by atoms with Gasteiger partial charge in [0.25, 0.3) is 0 Å². The number of carbonyl (C=O) groups is 1. The highest BCUT2D eigenvalue weighted by Gasteiger charge is 2.12. The summed E-state index contributed by atoms with van der Waals surface area (Å²) < 4.78 is 0. The molecule has 0 radical (unpaired) electrons. The molecule has 0 bridgehead atoms. The minimum atomic E-state index is 0.194. The van der Waals surface area contributed by atoms with Crippen LogP contribution in [0, 0.1) is 0 Å². The van der Waals surface area contributed by atoms with Gasteiger partial charge in [-0.1, -0.05) is 6.08 Å². The number of carbonyl (C=O) groups excluding carboxylic acids is 1. The summed E-state index contributed by atoms with van der Waals surface area (Å²) >= 11 is 1.60. The number of ketones is 1. The molecule has 0 aromatic heterocycles. The third-order valence-electron chi connectivity index (χ3n) is 1.15. The molecule has 0 aromatic carbocycles. The number of rotatable bonds is 0. The average molecular weight is 128 g/mol. The molecule has 0 aromatic rings. The lowest BCUT2D eigenvalue weighted by molar-refractivity contribution is -0.117. The smallest absolute Gasteiger partial charge is 0.149 e. The van der Waals surface area contributed by atoms with Gasteiger partial charge in [0.05, 0.1) is 5.25 Å². The van der Waals surface area contributed by atoms with Crippen molar-refractivity contribution in [3.8, 4) is 0 Å². The van der Waals surface area contributed by atoms with E-state index < -0.39 is 0 Å². The summed E-state index contributed by atoms with van der Waals surface area (Å²) in [6.45, 7) is 1.94. The molecule has 1 unspecified atom stereocenters. The molecule has 8 heavy (non-hydrogen) atoms. The van der Waals surface area contributed by atoms with Crippen LogP contribution in [0.15, 0.2) is 11.5 Å². The second-order valence-electron chi connectivity index (χ2n) is 1.82. The molecule has 1 aliphatic heterocycles. The molecule has 44 valence electrons.